The van der Waals surface area contributed by atoms with Gasteiger partial charge in [0.05, 0.1) is 18.1 Å². The molecule has 0 radical (unpaired) electrons. The van der Waals surface area contributed by atoms with Gasteiger partial charge < -0.3 is 9.55 Å². The second-order valence-electron chi connectivity index (χ2n) is 6.73. The number of pyridine rings is 2. The normalized spacial score (nSPS) is 17.0. The summed E-state index contributed by atoms with van der Waals surface area (Å²) in [5.41, 5.74) is 4.70. The van der Waals surface area contributed by atoms with Crippen LogP contribution in [0, 0.1) is 0 Å². The summed E-state index contributed by atoms with van der Waals surface area (Å²) in [6.45, 7) is 1.78. The monoisotopic (exact) mass is 356 g/mol. The number of rotatable bonds is 4. The van der Waals surface area contributed by atoms with Gasteiger partial charge in [-0.1, -0.05) is 12.1 Å². The number of H-pyrrole nitrogens is 1. The van der Waals surface area contributed by atoms with Crippen LogP contribution in [0.15, 0.2) is 73.6 Å². The van der Waals surface area contributed by atoms with Crippen LogP contribution in [-0.2, 0) is 13.0 Å². The van der Waals surface area contributed by atoms with Gasteiger partial charge in [0.2, 0.25) is 0 Å². The summed E-state index contributed by atoms with van der Waals surface area (Å²) in [5.74, 6) is 0.938. The van der Waals surface area contributed by atoms with Crippen molar-refractivity contribution in [3.63, 3.8) is 0 Å². The number of imidazole rings is 1. The second-order valence-corrected chi connectivity index (χ2v) is 6.73. The number of nitrogens with one attached hydrogen (secondary N) is 1. The van der Waals surface area contributed by atoms with Crippen molar-refractivity contribution in [2.24, 2.45) is 0 Å². The molecule has 5 heterocycles. The lowest BCUT2D eigenvalue weighted by Crippen LogP contribution is -2.36. The molecule has 0 bridgehead atoms. The van der Waals surface area contributed by atoms with Gasteiger partial charge in [0, 0.05) is 55.7 Å². The molecule has 4 aromatic rings. The molecule has 0 fully saturated rings. The average Bonchev–Trinajstić information content (AvgIpc) is 3.38. The predicted octanol–water partition coefficient (Wildman–Crippen LogP) is 3.14. The Kier molecular flexibility index (Phi) is 4.03. The van der Waals surface area contributed by atoms with E-state index in [1.807, 2.05) is 42.9 Å². The van der Waals surface area contributed by atoms with E-state index in [-0.39, 0.29) is 6.04 Å². The van der Waals surface area contributed by atoms with Gasteiger partial charge in [0.1, 0.15) is 5.82 Å². The molecule has 6 nitrogen and oxygen atoms in total. The van der Waals surface area contributed by atoms with Crippen molar-refractivity contribution < 1.29 is 0 Å². The average molecular weight is 356 g/mol. The van der Waals surface area contributed by atoms with Crippen LogP contribution in [0.5, 0.6) is 0 Å². The van der Waals surface area contributed by atoms with Crippen molar-refractivity contribution in [3.05, 3.63) is 96.2 Å². The molecule has 134 valence electrons. The fourth-order valence-corrected chi connectivity index (χ4v) is 3.87. The summed E-state index contributed by atoms with van der Waals surface area (Å²) in [6, 6.07) is 14.4. The Morgan fingerprint density at radius 3 is 2.89 bits per heavy atom. The molecular weight excluding hydrogens is 336 g/mol. The molecular formula is C21H20N6. The summed E-state index contributed by atoms with van der Waals surface area (Å²) in [6.07, 6.45) is 10.4. The fourth-order valence-electron chi connectivity index (χ4n) is 3.87. The van der Waals surface area contributed by atoms with E-state index in [2.05, 4.69) is 53.8 Å². The van der Waals surface area contributed by atoms with Crippen molar-refractivity contribution >= 4 is 0 Å². The zero-order valence-corrected chi connectivity index (χ0v) is 14.9. The van der Waals surface area contributed by atoms with E-state index in [1.54, 1.807) is 6.33 Å². The number of hydrogen-bond acceptors (Lipinski definition) is 4. The lowest BCUT2D eigenvalue weighted by molar-refractivity contribution is 0.196. The number of fused-ring (bicyclic) bond motifs is 1. The molecule has 1 aliphatic heterocycles. The Labute approximate surface area is 157 Å². The maximum atomic E-state index is 4.63. The molecule has 1 unspecified atom stereocenters. The number of aromatic nitrogens is 5. The first-order valence-electron chi connectivity index (χ1n) is 9.14. The Morgan fingerprint density at radius 2 is 2.04 bits per heavy atom. The summed E-state index contributed by atoms with van der Waals surface area (Å²) in [5, 5.41) is 0. The first-order chi connectivity index (χ1) is 13.4. The SMILES string of the molecule is c1ccc(-n2cccc2CN2CCc3[nH]cnc3C2c2cccnc2)nc1. The summed E-state index contributed by atoms with van der Waals surface area (Å²) >= 11 is 0. The highest BCUT2D eigenvalue weighted by Gasteiger charge is 2.31. The standard InChI is InChI=1S/C21H20N6/c1-2-10-23-19(7-1)27-11-4-6-17(27)14-26-12-8-18-20(25-15-24-18)21(26)16-5-3-9-22-13-16/h1-7,9-11,13,15,21H,8,12,14H2,(H,24,25). The first-order valence-corrected chi connectivity index (χ1v) is 9.14. The maximum absolute atomic E-state index is 4.63. The topological polar surface area (TPSA) is 62.6 Å². The quantitative estimate of drug-likeness (QED) is 0.610. The molecule has 0 amide bonds. The highest BCUT2D eigenvalue weighted by molar-refractivity contribution is 5.32. The number of aromatic amines is 1. The molecule has 4 aromatic heterocycles. The molecule has 0 saturated heterocycles. The third kappa shape index (κ3) is 2.94. The molecule has 27 heavy (non-hydrogen) atoms. The van der Waals surface area contributed by atoms with Crippen LogP contribution in [-0.4, -0.2) is 35.9 Å². The van der Waals surface area contributed by atoms with Crippen molar-refractivity contribution in [2.45, 2.75) is 19.0 Å². The van der Waals surface area contributed by atoms with Gasteiger partial charge in [-0.3, -0.25) is 9.88 Å². The van der Waals surface area contributed by atoms with Gasteiger partial charge in [-0.2, -0.15) is 0 Å². The van der Waals surface area contributed by atoms with E-state index in [1.165, 1.54) is 17.0 Å². The minimum atomic E-state index is 0.0979. The second kappa shape index (κ2) is 6.81. The van der Waals surface area contributed by atoms with Crippen molar-refractivity contribution in [3.8, 4) is 5.82 Å². The summed E-state index contributed by atoms with van der Waals surface area (Å²) in [7, 11) is 0. The van der Waals surface area contributed by atoms with Gasteiger partial charge in [-0.05, 0) is 35.9 Å². The van der Waals surface area contributed by atoms with E-state index < -0.39 is 0 Å². The largest absolute Gasteiger partial charge is 0.348 e. The Hall–Kier alpha value is -3.25. The lowest BCUT2D eigenvalue weighted by atomic mass is 9.96. The van der Waals surface area contributed by atoms with Crippen LogP contribution < -0.4 is 0 Å². The molecule has 0 aromatic carbocycles. The van der Waals surface area contributed by atoms with E-state index in [9.17, 15) is 0 Å². The van der Waals surface area contributed by atoms with Crippen LogP contribution >= 0.6 is 0 Å². The van der Waals surface area contributed by atoms with Crippen molar-refractivity contribution in [1.82, 2.24) is 29.4 Å². The van der Waals surface area contributed by atoms with Gasteiger partial charge in [0.25, 0.3) is 0 Å². The fraction of sp³-hybridized carbons (Fsp3) is 0.190. The van der Waals surface area contributed by atoms with Crippen molar-refractivity contribution in [2.75, 3.05) is 6.54 Å². The lowest BCUT2D eigenvalue weighted by Gasteiger charge is -2.35. The van der Waals surface area contributed by atoms with E-state index in [0.717, 1.165) is 31.0 Å². The molecule has 0 spiro atoms. The maximum Gasteiger partial charge on any atom is 0.136 e. The zero-order chi connectivity index (χ0) is 18.1. The van der Waals surface area contributed by atoms with E-state index in [4.69, 9.17) is 0 Å². The van der Waals surface area contributed by atoms with E-state index >= 15 is 0 Å². The predicted molar refractivity (Wildman–Crippen MR) is 102 cm³/mol. The number of nitrogens with zero attached hydrogens (tertiary/aromatic N) is 5. The van der Waals surface area contributed by atoms with Crippen LogP contribution in [0.2, 0.25) is 0 Å². The molecule has 0 saturated carbocycles. The van der Waals surface area contributed by atoms with Crippen LogP contribution in [0.1, 0.15) is 28.7 Å². The number of hydrogen-bond donors (Lipinski definition) is 1. The summed E-state index contributed by atoms with van der Waals surface area (Å²) < 4.78 is 2.15. The minimum absolute atomic E-state index is 0.0979. The molecule has 1 atom stereocenters. The van der Waals surface area contributed by atoms with Gasteiger partial charge in [0.15, 0.2) is 0 Å². The van der Waals surface area contributed by atoms with Crippen LogP contribution in [0.4, 0.5) is 0 Å². The third-order valence-electron chi connectivity index (χ3n) is 5.12. The molecule has 1 N–H and O–H groups in total. The molecule has 1 aliphatic rings. The Morgan fingerprint density at radius 1 is 1.04 bits per heavy atom. The van der Waals surface area contributed by atoms with Crippen molar-refractivity contribution in [1.29, 1.82) is 0 Å². The van der Waals surface area contributed by atoms with Crippen LogP contribution in [0.3, 0.4) is 0 Å². The highest BCUT2D eigenvalue weighted by atomic mass is 15.2. The molecule has 5 rings (SSSR count). The third-order valence-corrected chi connectivity index (χ3v) is 5.12. The Balaban J connectivity index is 1.51. The zero-order valence-electron chi connectivity index (χ0n) is 14.9. The summed E-state index contributed by atoms with van der Waals surface area (Å²) in [4.78, 5) is 19.2. The minimum Gasteiger partial charge on any atom is -0.348 e. The van der Waals surface area contributed by atoms with Crippen LogP contribution in [0.25, 0.3) is 5.82 Å². The molecule has 6 heteroatoms. The van der Waals surface area contributed by atoms with Gasteiger partial charge >= 0.3 is 0 Å². The van der Waals surface area contributed by atoms with Gasteiger partial charge in [-0.25, -0.2) is 9.97 Å². The first kappa shape index (κ1) is 16.0. The van der Waals surface area contributed by atoms with E-state index in [0.29, 0.717) is 0 Å². The smallest absolute Gasteiger partial charge is 0.136 e. The Bertz CT molecular complexity index is 1020. The highest BCUT2D eigenvalue weighted by Crippen LogP contribution is 2.34. The molecule has 0 aliphatic carbocycles. The van der Waals surface area contributed by atoms with Gasteiger partial charge in [-0.15, -0.1) is 0 Å².